The first kappa shape index (κ1) is 25.1. The summed E-state index contributed by atoms with van der Waals surface area (Å²) >= 11 is 0. The summed E-state index contributed by atoms with van der Waals surface area (Å²) in [6.07, 6.45) is 8.00. The average molecular weight is 465 g/mol. The van der Waals surface area contributed by atoms with Crippen LogP contribution in [0.4, 0.5) is 0 Å². The van der Waals surface area contributed by atoms with Crippen LogP contribution < -0.4 is 5.32 Å². The maximum atomic E-state index is 11.9. The highest BCUT2D eigenvalue weighted by Gasteiger charge is 2.27. The third-order valence-electron chi connectivity index (χ3n) is 5.80. The minimum absolute atomic E-state index is 0.337. The molecule has 0 saturated heterocycles. The van der Waals surface area contributed by atoms with Crippen LogP contribution >= 0.6 is 0 Å². The van der Waals surface area contributed by atoms with Crippen molar-refractivity contribution in [3.8, 4) is 11.3 Å². The number of aromatic carboxylic acids is 1. The van der Waals surface area contributed by atoms with Crippen molar-refractivity contribution in [2.75, 3.05) is 13.1 Å². The number of fused-ring (bicyclic) bond motifs is 3. The lowest BCUT2D eigenvalue weighted by Crippen LogP contribution is -2.21. The molecular formula is C26H32N4O4. The summed E-state index contributed by atoms with van der Waals surface area (Å²) in [5.74, 6) is -1.73. The van der Waals surface area contributed by atoms with Crippen LogP contribution in [0.2, 0.25) is 0 Å². The fourth-order valence-corrected chi connectivity index (χ4v) is 4.12. The lowest BCUT2D eigenvalue weighted by atomic mass is 9.90. The van der Waals surface area contributed by atoms with Crippen molar-refractivity contribution in [2.24, 2.45) is 0 Å². The molecule has 0 amide bonds. The number of nitrogens with one attached hydrogen (secondary N) is 1. The second kappa shape index (κ2) is 12.1. The maximum Gasteiger partial charge on any atom is 0.354 e. The second-order valence-electron chi connectivity index (χ2n) is 8.28. The SMILES string of the molecule is CC(=O)O.CCc1ccc(CCNCCCn2nc3c(c2C(=O)O)CCc2cnccc2-3)cc1. The molecule has 3 N–H and O–H groups in total. The van der Waals surface area contributed by atoms with Crippen LogP contribution in [0.25, 0.3) is 11.3 Å². The number of carboxylic acids is 2. The van der Waals surface area contributed by atoms with Gasteiger partial charge in [-0.15, -0.1) is 0 Å². The number of benzene rings is 1. The van der Waals surface area contributed by atoms with E-state index in [1.807, 2.05) is 12.3 Å². The number of hydrogen-bond acceptors (Lipinski definition) is 5. The van der Waals surface area contributed by atoms with E-state index in [4.69, 9.17) is 9.90 Å². The number of pyridine rings is 1. The first-order valence-corrected chi connectivity index (χ1v) is 11.6. The van der Waals surface area contributed by atoms with Gasteiger partial charge in [0, 0.05) is 37.0 Å². The van der Waals surface area contributed by atoms with E-state index in [9.17, 15) is 9.90 Å². The van der Waals surface area contributed by atoms with E-state index < -0.39 is 11.9 Å². The van der Waals surface area contributed by atoms with Gasteiger partial charge in [0.15, 0.2) is 0 Å². The number of aromatic nitrogens is 3. The third kappa shape index (κ3) is 6.51. The Kier molecular flexibility index (Phi) is 8.93. The summed E-state index contributed by atoms with van der Waals surface area (Å²) in [6.45, 7) is 5.58. The minimum atomic E-state index is -0.898. The molecule has 1 aliphatic carbocycles. The summed E-state index contributed by atoms with van der Waals surface area (Å²) in [4.78, 5) is 25.1. The molecule has 0 unspecified atom stereocenters. The molecule has 0 bridgehead atoms. The molecule has 1 aliphatic rings. The Hall–Kier alpha value is -3.52. The Labute approximate surface area is 199 Å². The smallest absolute Gasteiger partial charge is 0.354 e. The van der Waals surface area contributed by atoms with Gasteiger partial charge in [0.25, 0.3) is 5.97 Å². The Morgan fingerprint density at radius 2 is 1.76 bits per heavy atom. The minimum Gasteiger partial charge on any atom is -0.481 e. The number of nitrogens with zero attached hydrogens (tertiary/aromatic N) is 3. The Morgan fingerprint density at radius 1 is 1.06 bits per heavy atom. The zero-order chi connectivity index (χ0) is 24.5. The number of carbonyl (C=O) groups is 2. The molecule has 34 heavy (non-hydrogen) atoms. The molecule has 4 rings (SSSR count). The summed E-state index contributed by atoms with van der Waals surface area (Å²) < 4.78 is 1.67. The maximum absolute atomic E-state index is 11.9. The number of aryl methyl sites for hydroxylation is 3. The van der Waals surface area contributed by atoms with E-state index in [0.717, 1.165) is 68.1 Å². The second-order valence-corrected chi connectivity index (χ2v) is 8.28. The first-order valence-electron chi connectivity index (χ1n) is 11.6. The fourth-order valence-electron chi connectivity index (χ4n) is 4.12. The zero-order valence-corrected chi connectivity index (χ0v) is 19.8. The van der Waals surface area contributed by atoms with E-state index in [1.165, 1.54) is 11.1 Å². The predicted molar refractivity (Wildman–Crippen MR) is 130 cm³/mol. The largest absolute Gasteiger partial charge is 0.481 e. The zero-order valence-electron chi connectivity index (χ0n) is 19.8. The lowest BCUT2D eigenvalue weighted by molar-refractivity contribution is -0.134. The van der Waals surface area contributed by atoms with Crippen LogP contribution in [-0.4, -0.2) is 50.0 Å². The van der Waals surface area contributed by atoms with E-state index in [-0.39, 0.29) is 0 Å². The summed E-state index contributed by atoms with van der Waals surface area (Å²) in [5, 5.41) is 25.3. The van der Waals surface area contributed by atoms with Crippen LogP contribution in [0.15, 0.2) is 42.7 Å². The molecule has 180 valence electrons. The van der Waals surface area contributed by atoms with Gasteiger partial charge in [-0.1, -0.05) is 31.2 Å². The van der Waals surface area contributed by atoms with Crippen LogP contribution in [0.5, 0.6) is 0 Å². The van der Waals surface area contributed by atoms with Gasteiger partial charge in [0.2, 0.25) is 0 Å². The Morgan fingerprint density at radius 3 is 2.44 bits per heavy atom. The molecular weight excluding hydrogens is 432 g/mol. The molecule has 0 aliphatic heterocycles. The third-order valence-corrected chi connectivity index (χ3v) is 5.80. The average Bonchev–Trinajstić information content (AvgIpc) is 3.20. The van der Waals surface area contributed by atoms with Gasteiger partial charge in [-0.3, -0.25) is 14.5 Å². The van der Waals surface area contributed by atoms with Crippen molar-refractivity contribution >= 4 is 11.9 Å². The standard InChI is InChI=1S/C24H28N4O2.C2H4O2/c1-2-17-4-6-18(7-5-17)10-13-25-12-3-15-28-23(24(29)30)21-9-8-19-16-26-14-11-20(19)22(21)27-28;1-2(3)4/h4-7,11,14,16,25H,2-3,8-10,12-13,15H2,1H3,(H,29,30);1H3,(H,3,4). The number of carboxylic acid groups (broad SMARTS) is 2. The van der Waals surface area contributed by atoms with Crippen LogP contribution in [0.1, 0.15) is 53.0 Å². The van der Waals surface area contributed by atoms with Crippen molar-refractivity contribution in [3.05, 3.63) is 70.7 Å². The van der Waals surface area contributed by atoms with E-state index >= 15 is 0 Å². The molecule has 1 aromatic carbocycles. The quantitative estimate of drug-likeness (QED) is 0.414. The molecule has 0 saturated carbocycles. The number of rotatable bonds is 9. The summed E-state index contributed by atoms with van der Waals surface area (Å²) in [5.41, 5.74) is 6.84. The number of aliphatic carboxylic acids is 1. The molecule has 8 heteroatoms. The molecule has 0 fully saturated rings. The topological polar surface area (TPSA) is 117 Å². The van der Waals surface area contributed by atoms with Crippen molar-refractivity contribution in [2.45, 2.75) is 52.5 Å². The van der Waals surface area contributed by atoms with Gasteiger partial charge in [0.05, 0.1) is 5.69 Å². The van der Waals surface area contributed by atoms with Crippen LogP contribution in [0, 0.1) is 0 Å². The summed E-state index contributed by atoms with van der Waals surface area (Å²) in [7, 11) is 0. The lowest BCUT2D eigenvalue weighted by Gasteiger charge is -2.14. The molecule has 2 aromatic heterocycles. The van der Waals surface area contributed by atoms with Gasteiger partial charge < -0.3 is 15.5 Å². The Bertz CT molecular complexity index is 1120. The van der Waals surface area contributed by atoms with E-state index in [2.05, 4.69) is 46.6 Å². The number of hydrogen-bond donors (Lipinski definition) is 3. The fraction of sp³-hybridized carbons (Fsp3) is 0.385. The summed E-state index contributed by atoms with van der Waals surface area (Å²) in [6, 6.07) is 10.7. The molecule has 0 atom stereocenters. The molecule has 0 radical (unpaired) electrons. The van der Waals surface area contributed by atoms with Gasteiger partial charge in [-0.25, -0.2) is 4.79 Å². The van der Waals surface area contributed by atoms with Crippen LogP contribution in [-0.2, 0) is 37.0 Å². The van der Waals surface area contributed by atoms with Gasteiger partial charge >= 0.3 is 5.97 Å². The predicted octanol–water partition coefficient (Wildman–Crippen LogP) is 3.62. The molecule has 2 heterocycles. The van der Waals surface area contributed by atoms with Gasteiger partial charge in [-0.05, 0) is 68.0 Å². The monoisotopic (exact) mass is 464 g/mol. The van der Waals surface area contributed by atoms with E-state index in [1.54, 1.807) is 10.9 Å². The normalized spacial score (nSPS) is 11.7. The van der Waals surface area contributed by atoms with Crippen molar-refractivity contribution in [3.63, 3.8) is 0 Å². The highest BCUT2D eigenvalue weighted by molar-refractivity contribution is 5.90. The first-order chi connectivity index (χ1) is 16.4. The van der Waals surface area contributed by atoms with Crippen LogP contribution in [0.3, 0.4) is 0 Å². The van der Waals surface area contributed by atoms with E-state index in [0.29, 0.717) is 18.7 Å². The molecule has 8 nitrogen and oxygen atoms in total. The van der Waals surface area contributed by atoms with Crippen molar-refractivity contribution < 1.29 is 19.8 Å². The Balaban J connectivity index is 0.000000751. The van der Waals surface area contributed by atoms with Gasteiger partial charge in [0.1, 0.15) is 5.69 Å². The van der Waals surface area contributed by atoms with Crippen molar-refractivity contribution in [1.82, 2.24) is 20.1 Å². The highest BCUT2D eigenvalue weighted by atomic mass is 16.4. The molecule has 0 spiro atoms. The van der Waals surface area contributed by atoms with Gasteiger partial charge in [-0.2, -0.15) is 5.10 Å². The molecule has 3 aromatic rings. The highest BCUT2D eigenvalue weighted by Crippen LogP contribution is 2.34. The van der Waals surface area contributed by atoms with Crippen molar-refractivity contribution in [1.29, 1.82) is 0 Å².